The minimum atomic E-state index is 0. The van der Waals surface area contributed by atoms with E-state index in [9.17, 15) is 0 Å². The van der Waals surface area contributed by atoms with Crippen molar-refractivity contribution in [2.45, 2.75) is 88.6 Å². The SMILES string of the molecule is [CH2-]C[NH+]1CCN[C@@H]2CCCC[C@H]2[NH+](C)Cc2cccc([n+]2C)C[NH+]([CH2-])[C@@H]2CCCC[C@H]21.[Mn+2].[Y]. The first-order chi connectivity index (χ1) is 15.1. The molecule has 3 unspecified atom stereocenters. The van der Waals surface area contributed by atoms with Crippen LogP contribution in [0.5, 0.6) is 0 Å². The molecule has 2 saturated carbocycles. The average Bonchev–Trinajstić information content (AvgIpc) is 2.79. The van der Waals surface area contributed by atoms with Gasteiger partial charge in [0.2, 0.25) is 11.4 Å². The molecule has 0 spiro atoms. The normalized spacial score (nSPS) is 35.5. The second kappa shape index (κ2) is 14.4. The van der Waals surface area contributed by atoms with Crippen LogP contribution in [-0.4, -0.2) is 50.8 Å². The molecule has 1 aromatic heterocycles. The molecule has 2 fully saturated rings. The smallest absolute Gasteiger partial charge is 0.452 e. The Morgan fingerprint density at radius 1 is 0.970 bits per heavy atom. The number of quaternary nitrogens is 3. The predicted octanol–water partition coefficient (Wildman–Crippen LogP) is -1.36. The summed E-state index contributed by atoms with van der Waals surface area (Å²) in [7, 11) is 9.34. The van der Waals surface area contributed by atoms with Crippen molar-refractivity contribution >= 4 is 0 Å². The zero-order valence-corrected chi connectivity index (χ0v) is 25.1. The van der Waals surface area contributed by atoms with Gasteiger partial charge in [-0.2, -0.15) is 4.57 Å². The third-order valence-electron chi connectivity index (χ3n) is 8.69. The van der Waals surface area contributed by atoms with E-state index >= 15 is 0 Å². The summed E-state index contributed by atoms with van der Waals surface area (Å²) in [5.41, 5.74) is 2.87. The van der Waals surface area contributed by atoms with Crippen LogP contribution in [0, 0.1) is 14.0 Å². The fourth-order valence-electron chi connectivity index (χ4n) is 6.80. The molecule has 4 rings (SSSR count). The summed E-state index contributed by atoms with van der Waals surface area (Å²) in [6, 6.07) is 9.60. The van der Waals surface area contributed by atoms with Gasteiger partial charge in [-0.15, -0.1) is 7.05 Å². The van der Waals surface area contributed by atoms with Gasteiger partial charge in [0, 0.05) is 70.6 Å². The minimum absolute atomic E-state index is 0. The monoisotopic (exact) mass is 573 g/mol. The second-order valence-electron chi connectivity index (χ2n) is 10.5. The van der Waals surface area contributed by atoms with Gasteiger partial charge < -0.3 is 20.0 Å². The van der Waals surface area contributed by atoms with Gasteiger partial charge in [-0.05, 0) is 38.3 Å². The molecule has 2 bridgehead atoms. The average molecular weight is 574 g/mol. The van der Waals surface area contributed by atoms with E-state index in [1.54, 1.807) is 9.80 Å². The summed E-state index contributed by atoms with van der Waals surface area (Å²) < 4.78 is 2.46. The molecule has 2 radical (unpaired) electrons. The van der Waals surface area contributed by atoms with Gasteiger partial charge in [0.15, 0.2) is 6.54 Å². The van der Waals surface area contributed by atoms with Crippen LogP contribution in [0.3, 0.4) is 0 Å². The molecule has 7 heteroatoms. The zero-order valence-electron chi connectivity index (χ0n) is 21.1. The molecule has 2 aliphatic carbocycles. The van der Waals surface area contributed by atoms with Crippen molar-refractivity contribution in [3.05, 3.63) is 43.6 Å². The minimum Gasteiger partial charge on any atom is -0.452 e. The molecule has 1 aromatic rings. The Morgan fingerprint density at radius 2 is 1.58 bits per heavy atom. The van der Waals surface area contributed by atoms with Crippen LogP contribution in [0.4, 0.5) is 0 Å². The second-order valence-corrected chi connectivity index (χ2v) is 10.5. The summed E-state index contributed by atoms with van der Waals surface area (Å²) in [4.78, 5) is 4.80. The van der Waals surface area contributed by atoms with Crippen molar-refractivity contribution in [2.24, 2.45) is 7.05 Å². The standard InChI is InChI=1S/C26H45N5.Mn.Y/c1-5-31-18-17-27-23-13-6-7-14-24(23)28(2)19-21-11-10-12-22(30(21)4)20-29(3)25-15-8-9-16-26(25)31;;/h10-12,23-27,29H,1,3,5-9,13-20H2,2,4H3;;/q;+2;/p+2/t23-,24-,25-,26-;;/m1../s1. The molecule has 0 amide bonds. The van der Waals surface area contributed by atoms with Crippen LogP contribution in [0.15, 0.2) is 18.2 Å². The Bertz CT molecular complexity index is 720. The summed E-state index contributed by atoms with van der Waals surface area (Å²) in [5, 5.41) is 4.02. The molecule has 0 saturated heterocycles. The van der Waals surface area contributed by atoms with Crippen LogP contribution in [0.25, 0.3) is 0 Å². The summed E-state index contributed by atoms with van der Waals surface area (Å²) >= 11 is 0. The van der Waals surface area contributed by atoms with Crippen LogP contribution in [-0.2, 0) is 69.9 Å². The molecule has 7 atom stereocenters. The fourth-order valence-corrected chi connectivity index (χ4v) is 6.80. The summed E-state index contributed by atoms with van der Waals surface area (Å²) in [5.74, 6) is 0. The number of pyridine rings is 1. The first kappa shape index (κ1) is 29.8. The van der Waals surface area contributed by atoms with Crippen molar-refractivity contribution in [3.63, 3.8) is 0 Å². The molecule has 182 valence electrons. The molecule has 1 aliphatic heterocycles. The number of hydrogen-bond donors (Lipinski definition) is 4. The van der Waals surface area contributed by atoms with Gasteiger partial charge in [-0.25, -0.2) is 0 Å². The maximum atomic E-state index is 4.66. The van der Waals surface area contributed by atoms with E-state index in [4.69, 9.17) is 0 Å². The Kier molecular flexibility index (Phi) is 13.0. The van der Waals surface area contributed by atoms with Crippen LogP contribution >= 0.6 is 0 Å². The Morgan fingerprint density at radius 3 is 2.27 bits per heavy atom. The summed E-state index contributed by atoms with van der Waals surface area (Å²) in [6.45, 7) is 9.78. The third kappa shape index (κ3) is 7.32. The zero-order chi connectivity index (χ0) is 21.8. The van der Waals surface area contributed by atoms with Crippen molar-refractivity contribution < 1.29 is 69.0 Å². The Balaban J connectivity index is 0.00000193. The number of nitrogens with one attached hydrogen (secondary N) is 4. The van der Waals surface area contributed by atoms with E-state index in [1.165, 1.54) is 74.2 Å². The van der Waals surface area contributed by atoms with E-state index in [2.05, 4.69) is 56.1 Å². The number of nitrogens with zero attached hydrogens (tertiary/aromatic N) is 1. The fraction of sp³-hybridized carbons (Fsp3) is 0.731. The molecule has 2 heterocycles. The van der Waals surface area contributed by atoms with Crippen molar-refractivity contribution in [3.8, 4) is 0 Å². The summed E-state index contributed by atoms with van der Waals surface area (Å²) in [6.07, 6.45) is 10.8. The van der Waals surface area contributed by atoms with Gasteiger partial charge in [0.25, 0.3) is 0 Å². The molecule has 4 N–H and O–H groups in total. The maximum absolute atomic E-state index is 4.66. The number of aromatic nitrogens is 1. The van der Waals surface area contributed by atoms with Crippen LogP contribution < -0.4 is 24.6 Å². The van der Waals surface area contributed by atoms with Crippen molar-refractivity contribution in [1.82, 2.24) is 5.32 Å². The van der Waals surface area contributed by atoms with Gasteiger partial charge >= 0.3 is 17.1 Å². The number of hydrogen-bond acceptors (Lipinski definition) is 1. The van der Waals surface area contributed by atoms with Crippen LogP contribution in [0.1, 0.15) is 62.8 Å². The molecular formula is C26H47MnN5Y+4. The van der Waals surface area contributed by atoms with E-state index in [-0.39, 0.29) is 49.8 Å². The number of fused-ring (bicyclic) bond motifs is 4. The van der Waals surface area contributed by atoms with Gasteiger partial charge in [-0.3, -0.25) is 6.92 Å². The van der Waals surface area contributed by atoms with Gasteiger partial charge in [-0.1, -0.05) is 6.42 Å². The molecule has 5 nitrogen and oxygen atoms in total. The van der Waals surface area contributed by atoms with Crippen molar-refractivity contribution in [2.75, 3.05) is 26.7 Å². The first-order valence-corrected chi connectivity index (χ1v) is 12.9. The third-order valence-corrected chi connectivity index (χ3v) is 8.69. The van der Waals surface area contributed by atoms with Crippen LogP contribution in [0.2, 0.25) is 0 Å². The van der Waals surface area contributed by atoms with E-state index in [1.807, 2.05) is 0 Å². The number of rotatable bonds is 1. The largest absolute Gasteiger partial charge is 2.00 e. The van der Waals surface area contributed by atoms with E-state index in [0.717, 1.165) is 26.2 Å². The quantitative estimate of drug-likeness (QED) is 0.187. The first-order valence-electron chi connectivity index (χ1n) is 12.9. The molecule has 0 aromatic carbocycles. The molecular weight excluding hydrogens is 526 g/mol. The van der Waals surface area contributed by atoms with Gasteiger partial charge in [0.1, 0.15) is 31.7 Å². The van der Waals surface area contributed by atoms with E-state index in [0.29, 0.717) is 24.2 Å². The molecule has 33 heavy (non-hydrogen) atoms. The Labute approximate surface area is 238 Å². The van der Waals surface area contributed by atoms with E-state index < -0.39 is 0 Å². The van der Waals surface area contributed by atoms with Crippen molar-refractivity contribution in [1.29, 1.82) is 0 Å². The Hall–Kier alpha value is 0.613. The molecule has 3 aliphatic rings. The number of likely N-dealkylation sites (N-methyl/N-ethyl adjacent to an activating group) is 1. The van der Waals surface area contributed by atoms with Gasteiger partial charge in [0.05, 0.1) is 19.6 Å². The topological polar surface area (TPSA) is 29.2 Å². The maximum Gasteiger partial charge on any atom is 2.00 e. The predicted molar refractivity (Wildman–Crippen MR) is 124 cm³/mol.